The lowest BCUT2D eigenvalue weighted by Gasteiger charge is -2.33. The van der Waals surface area contributed by atoms with E-state index in [1.807, 2.05) is 60.7 Å². The van der Waals surface area contributed by atoms with Crippen molar-refractivity contribution in [3.8, 4) is 11.3 Å². The van der Waals surface area contributed by atoms with Gasteiger partial charge in [0.25, 0.3) is 5.91 Å². The largest absolute Gasteiger partial charge is 0.360 e. The third-order valence-electron chi connectivity index (χ3n) is 6.55. The summed E-state index contributed by atoms with van der Waals surface area (Å²) in [6.07, 6.45) is 4.45. The Morgan fingerprint density at radius 1 is 1.03 bits per heavy atom. The molecule has 1 aliphatic heterocycles. The van der Waals surface area contributed by atoms with Gasteiger partial charge in [0.05, 0.1) is 49.5 Å². The van der Waals surface area contributed by atoms with Crippen LogP contribution in [0.15, 0.2) is 79.1 Å². The van der Waals surface area contributed by atoms with Crippen molar-refractivity contribution in [3.63, 3.8) is 0 Å². The molecule has 4 aromatic rings. The van der Waals surface area contributed by atoms with Crippen LogP contribution in [-0.4, -0.2) is 55.1 Å². The minimum Gasteiger partial charge on any atom is -0.360 e. The highest BCUT2D eigenvalue weighted by Gasteiger charge is 2.20. The number of carbonyl (C=O) groups is 1. The van der Waals surface area contributed by atoms with E-state index in [4.69, 9.17) is 16.6 Å². The van der Waals surface area contributed by atoms with Gasteiger partial charge in [-0.3, -0.25) is 9.78 Å². The van der Waals surface area contributed by atoms with Gasteiger partial charge < -0.3 is 15.1 Å². The predicted octanol–water partition coefficient (Wildman–Crippen LogP) is 3.48. The first kappa shape index (κ1) is 23.3. The molecule has 6 nitrogen and oxygen atoms in total. The monoisotopic (exact) mass is 486 g/mol. The van der Waals surface area contributed by atoms with Crippen LogP contribution in [0.1, 0.15) is 16.8 Å². The van der Waals surface area contributed by atoms with E-state index in [0.717, 1.165) is 66.3 Å². The molecule has 1 amide bonds. The molecule has 1 fully saturated rings. The first-order valence-electron chi connectivity index (χ1n) is 12.1. The lowest BCUT2D eigenvalue weighted by molar-refractivity contribution is -0.900. The summed E-state index contributed by atoms with van der Waals surface area (Å²) >= 11 is 6.15. The van der Waals surface area contributed by atoms with Crippen molar-refractivity contribution >= 4 is 34.1 Å². The summed E-state index contributed by atoms with van der Waals surface area (Å²) in [5, 5.41) is 4.77. The number of nitrogens with zero attached hydrogens (tertiary/aromatic N) is 3. The minimum absolute atomic E-state index is 0.0606. The molecule has 2 aromatic carbocycles. The summed E-state index contributed by atoms with van der Waals surface area (Å²) in [5.74, 6) is -0.0606. The molecule has 178 valence electrons. The quantitative estimate of drug-likeness (QED) is 0.393. The maximum absolute atomic E-state index is 13.1. The molecule has 1 saturated heterocycles. The summed E-state index contributed by atoms with van der Waals surface area (Å²) in [6, 6.07) is 21.6. The molecule has 0 bridgehead atoms. The fourth-order valence-electron chi connectivity index (χ4n) is 4.66. The fraction of sp³-hybridized carbons (Fsp3) is 0.250. The average molecular weight is 487 g/mol. The predicted molar refractivity (Wildman–Crippen MR) is 141 cm³/mol. The maximum atomic E-state index is 13.1. The molecule has 0 unspecified atom stereocenters. The Morgan fingerprint density at radius 3 is 2.69 bits per heavy atom. The first-order valence-corrected chi connectivity index (χ1v) is 12.5. The highest BCUT2D eigenvalue weighted by molar-refractivity contribution is 6.30. The molecule has 1 aliphatic rings. The second-order valence-electron chi connectivity index (χ2n) is 8.89. The lowest BCUT2D eigenvalue weighted by atomic mass is 10.0. The molecule has 3 heterocycles. The van der Waals surface area contributed by atoms with Crippen LogP contribution in [0.4, 0.5) is 5.69 Å². The Kier molecular flexibility index (Phi) is 7.21. The van der Waals surface area contributed by atoms with Crippen LogP contribution in [-0.2, 0) is 0 Å². The van der Waals surface area contributed by atoms with Crippen LogP contribution in [0.25, 0.3) is 22.2 Å². The normalized spacial score (nSPS) is 14.3. The number of anilines is 1. The van der Waals surface area contributed by atoms with Crippen molar-refractivity contribution in [2.75, 3.05) is 44.2 Å². The Labute approximate surface area is 210 Å². The molecule has 0 spiro atoms. The number of piperazine rings is 1. The number of amides is 1. The number of para-hydroxylation sites is 1. The smallest absolute Gasteiger partial charge is 0.252 e. The summed E-state index contributed by atoms with van der Waals surface area (Å²) in [4.78, 5) is 26.0. The van der Waals surface area contributed by atoms with Gasteiger partial charge in [-0.15, -0.1) is 0 Å². The molecule has 35 heavy (non-hydrogen) atoms. The van der Waals surface area contributed by atoms with Gasteiger partial charge in [0, 0.05) is 47.0 Å². The number of hydrogen-bond acceptors (Lipinski definition) is 4. The minimum atomic E-state index is -0.0606. The van der Waals surface area contributed by atoms with E-state index < -0.39 is 0 Å². The van der Waals surface area contributed by atoms with Crippen LogP contribution in [0, 0.1) is 0 Å². The molecule has 7 heteroatoms. The summed E-state index contributed by atoms with van der Waals surface area (Å²) in [5.41, 5.74) is 4.30. The van der Waals surface area contributed by atoms with E-state index in [1.54, 1.807) is 17.3 Å². The van der Waals surface area contributed by atoms with Crippen molar-refractivity contribution in [2.24, 2.45) is 0 Å². The second kappa shape index (κ2) is 10.8. The Bertz CT molecular complexity index is 1310. The van der Waals surface area contributed by atoms with Crippen molar-refractivity contribution < 1.29 is 9.69 Å². The molecule has 2 aromatic heterocycles. The Hall–Kier alpha value is -3.48. The van der Waals surface area contributed by atoms with Gasteiger partial charge in [-0.2, -0.15) is 0 Å². The zero-order valence-corrected chi connectivity index (χ0v) is 20.3. The van der Waals surface area contributed by atoms with Gasteiger partial charge in [-0.1, -0.05) is 35.9 Å². The number of benzene rings is 2. The number of carbonyl (C=O) groups excluding carboxylic acids is 1. The summed E-state index contributed by atoms with van der Waals surface area (Å²) in [7, 11) is 0. The topological polar surface area (TPSA) is 62.6 Å². The molecular formula is C28H29ClN5O+. The number of aromatic nitrogens is 2. The van der Waals surface area contributed by atoms with Crippen LogP contribution >= 0.6 is 11.6 Å². The van der Waals surface area contributed by atoms with E-state index in [9.17, 15) is 4.79 Å². The molecular weight excluding hydrogens is 458 g/mol. The molecule has 0 atom stereocenters. The number of hydrogen-bond donors (Lipinski definition) is 2. The maximum Gasteiger partial charge on any atom is 0.252 e. The van der Waals surface area contributed by atoms with E-state index in [0.29, 0.717) is 12.1 Å². The third kappa shape index (κ3) is 5.61. The van der Waals surface area contributed by atoms with E-state index in [1.165, 1.54) is 5.69 Å². The number of pyridine rings is 2. The van der Waals surface area contributed by atoms with Crippen molar-refractivity contribution in [2.45, 2.75) is 6.42 Å². The average Bonchev–Trinajstić information content (AvgIpc) is 2.91. The van der Waals surface area contributed by atoms with E-state index >= 15 is 0 Å². The van der Waals surface area contributed by atoms with Crippen LogP contribution in [0.2, 0.25) is 5.02 Å². The molecule has 0 radical (unpaired) electrons. The highest BCUT2D eigenvalue weighted by Crippen LogP contribution is 2.24. The number of fused-ring (bicyclic) bond motifs is 1. The van der Waals surface area contributed by atoms with Gasteiger partial charge in [0.15, 0.2) is 0 Å². The molecule has 0 saturated carbocycles. The zero-order chi connectivity index (χ0) is 24.0. The van der Waals surface area contributed by atoms with Gasteiger partial charge in [-0.05, 0) is 42.5 Å². The standard InChI is InChI=1S/C28H28ClN5O/c29-22-7-3-8-23(18-22)34-16-14-33(15-17-34)13-5-12-31-28(35)25-19-27(21-6-4-11-30-20-21)32-26-10-2-1-9-24(25)26/h1-4,6-11,18-20H,5,12-17H2,(H,31,35)/p+1. The van der Waals surface area contributed by atoms with Gasteiger partial charge in [0.2, 0.25) is 0 Å². The zero-order valence-electron chi connectivity index (χ0n) is 19.6. The van der Waals surface area contributed by atoms with Crippen LogP contribution in [0.3, 0.4) is 0 Å². The molecule has 0 aliphatic carbocycles. The summed E-state index contributed by atoms with van der Waals surface area (Å²) in [6.45, 7) is 5.90. The van der Waals surface area contributed by atoms with Gasteiger partial charge >= 0.3 is 0 Å². The number of quaternary nitrogens is 1. The highest BCUT2D eigenvalue weighted by atomic mass is 35.5. The molecule has 2 N–H and O–H groups in total. The van der Waals surface area contributed by atoms with Crippen LogP contribution < -0.4 is 15.1 Å². The van der Waals surface area contributed by atoms with Crippen molar-refractivity contribution in [3.05, 3.63) is 89.7 Å². The van der Waals surface area contributed by atoms with Crippen LogP contribution in [0.5, 0.6) is 0 Å². The summed E-state index contributed by atoms with van der Waals surface area (Å²) < 4.78 is 0. The number of rotatable bonds is 7. The van der Waals surface area contributed by atoms with Crippen molar-refractivity contribution in [1.82, 2.24) is 15.3 Å². The number of halogens is 1. The molecule has 5 rings (SSSR count). The van der Waals surface area contributed by atoms with Gasteiger partial charge in [0.1, 0.15) is 0 Å². The van der Waals surface area contributed by atoms with E-state index in [-0.39, 0.29) is 5.91 Å². The Balaban J connectivity index is 1.16. The fourth-order valence-corrected chi connectivity index (χ4v) is 4.85. The number of nitrogens with one attached hydrogen (secondary N) is 2. The van der Waals surface area contributed by atoms with E-state index in [2.05, 4.69) is 21.3 Å². The lowest BCUT2D eigenvalue weighted by Crippen LogP contribution is -3.15. The Morgan fingerprint density at radius 2 is 1.89 bits per heavy atom. The van der Waals surface area contributed by atoms with Gasteiger partial charge in [-0.25, -0.2) is 4.98 Å². The SMILES string of the molecule is O=C(NCCC[NH+]1CCN(c2cccc(Cl)c2)CC1)c1cc(-c2cccnc2)nc2ccccc12. The third-order valence-corrected chi connectivity index (χ3v) is 6.79. The first-order chi connectivity index (χ1) is 17.2. The van der Waals surface area contributed by atoms with Crippen molar-refractivity contribution in [1.29, 1.82) is 0 Å². The second-order valence-corrected chi connectivity index (χ2v) is 9.33.